The van der Waals surface area contributed by atoms with Crippen molar-refractivity contribution < 1.29 is 0 Å². The summed E-state index contributed by atoms with van der Waals surface area (Å²) in [7, 11) is 0. The molecule has 2 N–H and O–H groups in total. The molecule has 1 aromatic carbocycles. The molecular formula is C10H8BrClN2S. The monoisotopic (exact) mass is 302 g/mol. The van der Waals surface area contributed by atoms with Gasteiger partial charge in [0.1, 0.15) is 0 Å². The normalized spacial score (nSPS) is 10.5. The third kappa shape index (κ3) is 2.71. The highest BCUT2D eigenvalue weighted by molar-refractivity contribution is 9.10. The summed E-state index contributed by atoms with van der Waals surface area (Å²) in [5.74, 6) is 0. The predicted octanol–water partition coefficient (Wildman–Crippen LogP) is 3.73. The number of nitrogens with two attached hydrogens (primary N) is 1. The summed E-state index contributed by atoms with van der Waals surface area (Å²) in [5.41, 5.74) is 7.71. The highest BCUT2D eigenvalue weighted by Gasteiger charge is 2.04. The van der Waals surface area contributed by atoms with Crippen LogP contribution in [0.2, 0.25) is 5.02 Å². The minimum atomic E-state index is 0.607. The molecule has 0 unspecified atom stereocenters. The van der Waals surface area contributed by atoms with Gasteiger partial charge in [0.2, 0.25) is 0 Å². The van der Waals surface area contributed by atoms with Crippen molar-refractivity contribution in [3.8, 4) is 0 Å². The van der Waals surface area contributed by atoms with Crippen LogP contribution in [0.25, 0.3) is 0 Å². The maximum absolute atomic E-state index is 5.86. The first kappa shape index (κ1) is 10.9. The molecule has 1 aromatic heterocycles. The summed E-state index contributed by atoms with van der Waals surface area (Å²) >= 11 is 10.8. The molecule has 0 radical (unpaired) electrons. The van der Waals surface area contributed by atoms with E-state index in [0.29, 0.717) is 5.13 Å². The van der Waals surface area contributed by atoms with Gasteiger partial charge in [-0.15, -0.1) is 11.3 Å². The van der Waals surface area contributed by atoms with E-state index in [1.807, 2.05) is 23.6 Å². The molecule has 2 rings (SSSR count). The topological polar surface area (TPSA) is 38.9 Å². The lowest BCUT2D eigenvalue weighted by Crippen LogP contribution is -1.91. The highest BCUT2D eigenvalue weighted by Crippen LogP contribution is 2.24. The van der Waals surface area contributed by atoms with Gasteiger partial charge in [0, 0.05) is 21.3 Å². The van der Waals surface area contributed by atoms with E-state index in [-0.39, 0.29) is 0 Å². The standard InChI is InChI=1S/C10H8BrClN2S/c11-9-4-7(12)2-1-6(9)3-8-5-15-10(13)14-8/h1-2,4-5H,3H2,(H2,13,14). The number of halogens is 2. The van der Waals surface area contributed by atoms with Crippen LogP contribution < -0.4 is 5.73 Å². The highest BCUT2D eigenvalue weighted by atomic mass is 79.9. The molecule has 0 aliphatic heterocycles. The number of rotatable bonds is 2. The van der Waals surface area contributed by atoms with Crippen LogP contribution in [0.4, 0.5) is 5.13 Å². The predicted molar refractivity (Wildman–Crippen MR) is 68.5 cm³/mol. The molecule has 0 saturated heterocycles. The Kier molecular flexibility index (Phi) is 3.29. The van der Waals surface area contributed by atoms with E-state index in [9.17, 15) is 0 Å². The van der Waals surface area contributed by atoms with Crippen LogP contribution in [0.15, 0.2) is 28.1 Å². The van der Waals surface area contributed by atoms with Crippen molar-refractivity contribution in [1.82, 2.24) is 4.98 Å². The molecule has 0 bridgehead atoms. The summed E-state index contributed by atoms with van der Waals surface area (Å²) in [6.07, 6.45) is 0.769. The maximum atomic E-state index is 5.86. The van der Waals surface area contributed by atoms with E-state index in [2.05, 4.69) is 20.9 Å². The van der Waals surface area contributed by atoms with Crippen LogP contribution in [0.1, 0.15) is 11.3 Å². The Balaban J connectivity index is 2.24. The fourth-order valence-electron chi connectivity index (χ4n) is 1.26. The molecular weight excluding hydrogens is 296 g/mol. The Morgan fingerprint density at radius 2 is 2.27 bits per heavy atom. The van der Waals surface area contributed by atoms with E-state index < -0.39 is 0 Å². The minimum absolute atomic E-state index is 0.607. The van der Waals surface area contributed by atoms with Gasteiger partial charge in [-0.1, -0.05) is 33.6 Å². The number of nitrogens with zero attached hydrogens (tertiary/aromatic N) is 1. The largest absolute Gasteiger partial charge is 0.375 e. The van der Waals surface area contributed by atoms with Crippen molar-refractivity contribution in [1.29, 1.82) is 0 Å². The van der Waals surface area contributed by atoms with Crippen molar-refractivity contribution in [3.05, 3.63) is 44.3 Å². The van der Waals surface area contributed by atoms with Gasteiger partial charge in [0.25, 0.3) is 0 Å². The lowest BCUT2D eigenvalue weighted by atomic mass is 10.1. The van der Waals surface area contributed by atoms with E-state index in [1.54, 1.807) is 0 Å². The SMILES string of the molecule is Nc1nc(Cc2ccc(Cl)cc2Br)cs1. The molecule has 0 spiro atoms. The minimum Gasteiger partial charge on any atom is -0.375 e. The lowest BCUT2D eigenvalue weighted by Gasteiger charge is -2.02. The number of thiazole rings is 1. The fraction of sp³-hybridized carbons (Fsp3) is 0.100. The Morgan fingerprint density at radius 1 is 1.47 bits per heavy atom. The van der Waals surface area contributed by atoms with Gasteiger partial charge < -0.3 is 5.73 Å². The molecule has 0 atom stereocenters. The van der Waals surface area contributed by atoms with E-state index >= 15 is 0 Å². The molecule has 15 heavy (non-hydrogen) atoms. The second-order valence-corrected chi connectivity index (χ2v) is 5.27. The van der Waals surface area contributed by atoms with Gasteiger partial charge in [-0.05, 0) is 17.7 Å². The number of hydrogen-bond acceptors (Lipinski definition) is 3. The zero-order chi connectivity index (χ0) is 10.8. The van der Waals surface area contributed by atoms with Crippen LogP contribution in [0, 0.1) is 0 Å². The molecule has 5 heteroatoms. The lowest BCUT2D eigenvalue weighted by molar-refractivity contribution is 1.10. The van der Waals surface area contributed by atoms with E-state index in [1.165, 1.54) is 11.3 Å². The van der Waals surface area contributed by atoms with Crippen LogP contribution in [0.3, 0.4) is 0 Å². The number of nitrogen functional groups attached to an aromatic ring is 1. The number of benzene rings is 1. The molecule has 78 valence electrons. The average Bonchev–Trinajstić information content (AvgIpc) is 2.56. The van der Waals surface area contributed by atoms with Gasteiger partial charge in [0.15, 0.2) is 5.13 Å². The van der Waals surface area contributed by atoms with Gasteiger partial charge in [-0.2, -0.15) is 0 Å². The van der Waals surface area contributed by atoms with Gasteiger partial charge in [-0.3, -0.25) is 0 Å². The first-order valence-electron chi connectivity index (χ1n) is 4.29. The number of anilines is 1. The first-order chi connectivity index (χ1) is 7.15. The van der Waals surface area contributed by atoms with Crippen molar-refractivity contribution in [2.75, 3.05) is 5.73 Å². The first-order valence-corrected chi connectivity index (χ1v) is 6.34. The second kappa shape index (κ2) is 4.51. The summed E-state index contributed by atoms with van der Waals surface area (Å²) in [6, 6.07) is 5.74. The van der Waals surface area contributed by atoms with Crippen LogP contribution >= 0.6 is 38.9 Å². The van der Waals surface area contributed by atoms with E-state index in [4.69, 9.17) is 17.3 Å². The Labute approximate surface area is 105 Å². The second-order valence-electron chi connectivity index (χ2n) is 3.09. The van der Waals surface area contributed by atoms with Crippen LogP contribution in [0.5, 0.6) is 0 Å². The molecule has 0 fully saturated rings. The van der Waals surface area contributed by atoms with Crippen molar-refractivity contribution >= 4 is 44.0 Å². The molecule has 0 amide bonds. The zero-order valence-electron chi connectivity index (χ0n) is 7.71. The molecule has 2 nitrogen and oxygen atoms in total. The van der Waals surface area contributed by atoms with Gasteiger partial charge in [0.05, 0.1) is 5.69 Å². The molecule has 0 aliphatic carbocycles. The maximum Gasteiger partial charge on any atom is 0.180 e. The summed E-state index contributed by atoms with van der Waals surface area (Å²) in [5, 5.41) is 3.30. The summed E-state index contributed by atoms with van der Waals surface area (Å²) < 4.78 is 1.00. The van der Waals surface area contributed by atoms with Crippen LogP contribution in [-0.4, -0.2) is 4.98 Å². The average molecular weight is 304 g/mol. The Morgan fingerprint density at radius 3 is 2.87 bits per heavy atom. The fourth-order valence-corrected chi connectivity index (χ4v) is 2.65. The quantitative estimate of drug-likeness (QED) is 0.918. The number of aromatic nitrogens is 1. The van der Waals surface area contributed by atoms with E-state index in [0.717, 1.165) is 27.2 Å². The molecule has 1 heterocycles. The van der Waals surface area contributed by atoms with Crippen molar-refractivity contribution in [2.24, 2.45) is 0 Å². The summed E-state index contributed by atoms with van der Waals surface area (Å²) in [4.78, 5) is 4.21. The van der Waals surface area contributed by atoms with Gasteiger partial charge >= 0.3 is 0 Å². The molecule has 0 aliphatic rings. The Bertz CT molecular complexity index is 484. The molecule has 2 aromatic rings. The van der Waals surface area contributed by atoms with Gasteiger partial charge in [-0.25, -0.2) is 4.98 Å². The molecule has 0 saturated carbocycles. The van der Waals surface area contributed by atoms with Crippen molar-refractivity contribution in [3.63, 3.8) is 0 Å². The summed E-state index contributed by atoms with van der Waals surface area (Å²) in [6.45, 7) is 0. The Hall–Kier alpha value is -0.580. The zero-order valence-corrected chi connectivity index (χ0v) is 10.9. The third-order valence-corrected chi connectivity index (χ3v) is 3.65. The van der Waals surface area contributed by atoms with Crippen LogP contribution in [-0.2, 0) is 6.42 Å². The smallest absolute Gasteiger partial charge is 0.180 e. The number of hydrogen-bond donors (Lipinski definition) is 1. The third-order valence-electron chi connectivity index (χ3n) is 1.96. The van der Waals surface area contributed by atoms with Crippen molar-refractivity contribution in [2.45, 2.75) is 6.42 Å².